The van der Waals surface area contributed by atoms with Crippen LogP contribution in [0.1, 0.15) is 21.6 Å². The number of aryl methyl sites for hydroxylation is 1. The van der Waals surface area contributed by atoms with Crippen molar-refractivity contribution in [3.63, 3.8) is 0 Å². The molecule has 0 saturated carbocycles. The Kier molecular flexibility index (Phi) is 4.57. The second kappa shape index (κ2) is 6.96. The zero-order valence-corrected chi connectivity index (χ0v) is 13.3. The van der Waals surface area contributed by atoms with Crippen LogP contribution in [0.2, 0.25) is 0 Å². The number of pyridine rings is 1. The predicted octanol–water partition coefficient (Wildman–Crippen LogP) is 4.33. The molecule has 2 aromatic carbocycles. The standard InChI is InChI=1S/C20H17NO3/c1-14-10-17(12-21-19(14)20(22)23)16-8-5-9-18(11-16)24-13-15-6-3-2-4-7-15/h2-12H,13H2,1H3,(H,22,23). The van der Waals surface area contributed by atoms with Gasteiger partial charge in [-0.2, -0.15) is 0 Å². The summed E-state index contributed by atoms with van der Waals surface area (Å²) < 4.78 is 5.83. The van der Waals surface area contributed by atoms with Crippen molar-refractivity contribution in [1.82, 2.24) is 4.98 Å². The van der Waals surface area contributed by atoms with Crippen LogP contribution in [-0.2, 0) is 6.61 Å². The molecule has 0 aliphatic rings. The van der Waals surface area contributed by atoms with Crippen LogP contribution >= 0.6 is 0 Å². The van der Waals surface area contributed by atoms with Gasteiger partial charge in [-0.3, -0.25) is 0 Å². The van der Waals surface area contributed by atoms with E-state index in [-0.39, 0.29) is 5.69 Å². The number of aromatic nitrogens is 1. The molecule has 0 spiro atoms. The number of carbonyl (C=O) groups is 1. The lowest BCUT2D eigenvalue weighted by Crippen LogP contribution is -2.03. The highest BCUT2D eigenvalue weighted by atomic mass is 16.5. The van der Waals surface area contributed by atoms with Crippen molar-refractivity contribution in [1.29, 1.82) is 0 Å². The van der Waals surface area contributed by atoms with Crippen LogP contribution < -0.4 is 4.74 Å². The summed E-state index contributed by atoms with van der Waals surface area (Å²) in [6.45, 7) is 2.25. The van der Waals surface area contributed by atoms with Crippen LogP contribution in [0.25, 0.3) is 11.1 Å². The lowest BCUT2D eigenvalue weighted by atomic mass is 10.0. The number of hydrogen-bond donors (Lipinski definition) is 1. The first-order chi connectivity index (χ1) is 11.6. The number of aromatic carboxylic acids is 1. The van der Waals surface area contributed by atoms with Gasteiger partial charge in [-0.1, -0.05) is 42.5 Å². The quantitative estimate of drug-likeness (QED) is 0.760. The van der Waals surface area contributed by atoms with Gasteiger partial charge in [0.1, 0.15) is 12.4 Å². The molecule has 4 heteroatoms. The summed E-state index contributed by atoms with van der Waals surface area (Å²) in [7, 11) is 0. The van der Waals surface area contributed by atoms with E-state index in [1.54, 1.807) is 13.1 Å². The third-order valence-corrected chi connectivity index (χ3v) is 3.70. The number of hydrogen-bond acceptors (Lipinski definition) is 3. The Morgan fingerprint density at radius 2 is 1.83 bits per heavy atom. The van der Waals surface area contributed by atoms with E-state index in [1.807, 2.05) is 60.7 Å². The summed E-state index contributed by atoms with van der Waals surface area (Å²) in [5.74, 6) is -0.254. The Bertz CT molecular complexity index is 860. The maximum atomic E-state index is 11.1. The van der Waals surface area contributed by atoms with E-state index >= 15 is 0 Å². The molecule has 0 amide bonds. The van der Waals surface area contributed by atoms with Crippen molar-refractivity contribution >= 4 is 5.97 Å². The van der Waals surface area contributed by atoms with Gasteiger partial charge in [-0.05, 0) is 41.8 Å². The number of nitrogens with zero attached hydrogens (tertiary/aromatic N) is 1. The van der Waals surface area contributed by atoms with Crippen molar-refractivity contribution < 1.29 is 14.6 Å². The number of carboxylic acids is 1. The summed E-state index contributed by atoms with van der Waals surface area (Å²) in [6, 6.07) is 19.5. The van der Waals surface area contributed by atoms with Crippen molar-refractivity contribution in [2.45, 2.75) is 13.5 Å². The molecule has 0 fully saturated rings. The molecule has 0 atom stereocenters. The van der Waals surface area contributed by atoms with Gasteiger partial charge in [0.25, 0.3) is 0 Å². The van der Waals surface area contributed by atoms with Gasteiger partial charge in [-0.15, -0.1) is 0 Å². The van der Waals surface area contributed by atoms with E-state index in [0.29, 0.717) is 12.2 Å². The minimum Gasteiger partial charge on any atom is -0.489 e. The molecule has 4 nitrogen and oxygen atoms in total. The Morgan fingerprint density at radius 3 is 2.54 bits per heavy atom. The van der Waals surface area contributed by atoms with Gasteiger partial charge in [0.2, 0.25) is 0 Å². The average molecular weight is 319 g/mol. The molecule has 0 radical (unpaired) electrons. The third kappa shape index (κ3) is 3.60. The van der Waals surface area contributed by atoms with E-state index < -0.39 is 5.97 Å². The summed E-state index contributed by atoms with van der Waals surface area (Å²) in [5, 5.41) is 9.07. The number of carboxylic acid groups (broad SMARTS) is 1. The Balaban J connectivity index is 1.80. The van der Waals surface area contributed by atoms with Crippen molar-refractivity contribution in [2.75, 3.05) is 0 Å². The predicted molar refractivity (Wildman–Crippen MR) is 92.1 cm³/mol. The van der Waals surface area contributed by atoms with E-state index in [4.69, 9.17) is 9.84 Å². The summed E-state index contributed by atoms with van der Waals surface area (Å²) in [4.78, 5) is 15.1. The Hall–Kier alpha value is -3.14. The van der Waals surface area contributed by atoms with E-state index in [1.165, 1.54) is 0 Å². The molecule has 0 aliphatic heterocycles. The van der Waals surface area contributed by atoms with Crippen LogP contribution in [0.15, 0.2) is 66.9 Å². The molecule has 0 bridgehead atoms. The first-order valence-corrected chi connectivity index (χ1v) is 7.60. The molecule has 3 rings (SSSR count). The van der Waals surface area contributed by atoms with E-state index in [9.17, 15) is 4.79 Å². The van der Waals surface area contributed by atoms with E-state index in [0.717, 1.165) is 22.4 Å². The fourth-order valence-electron chi connectivity index (χ4n) is 2.46. The molecule has 0 saturated heterocycles. The molecule has 1 N–H and O–H groups in total. The second-order valence-corrected chi connectivity index (χ2v) is 5.50. The lowest BCUT2D eigenvalue weighted by molar-refractivity contribution is 0.0689. The maximum Gasteiger partial charge on any atom is 0.354 e. The minimum absolute atomic E-state index is 0.0789. The van der Waals surface area contributed by atoms with Gasteiger partial charge in [0.05, 0.1) is 0 Å². The number of rotatable bonds is 5. The monoisotopic (exact) mass is 319 g/mol. The molecule has 3 aromatic rings. The zero-order valence-electron chi connectivity index (χ0n) is 13.3. The molecule has 0 unspecified atom stereocenters. The molecule has 120 valence electrons. The molecular weight excluding hydrogens is 302 g/mol. The van der Waals surface area contributed by atoms with E-state index in [2.05, 4.69) is 4.98 Å². The Labute approximate surface area is 140 Å². The van der Waals surface area contributed by atoms with Crippen molar-refractivity contribution in [3.8, 4) is 16.9 Å². The molecule has 24 heavy (non-hydrogen) atoms. The van der Waals surface area contributed by atoms with Crippen LogP contribution in [0.5, 0.6) is 5.75 Å². The van der Waals surface area contributed by atoms with Gasteiger partial charge in [0, 0.05) is 11.8 Å². The van der Waals surface area contributed by atoms with Gasteiger partial charge < -0.3 is 9.84 Å². The first-order valence-electron chi connectivity index (χ1n) is 7.60. The smallest absolute Gasteiger partial charge is 0.354 e. The minimum atomic E-state index is -1.01. The second-order valence-electron chi connectivity index (χ2n) is 5.50. The fraction of sp³-hybridized carbons (Fsp3) is 0.100. The van der Waals surface area contributed by atoms with Crippen LogP contribution in [0, 0.1) is 6.92 Å². The third-order valence-electron chi connectivity index (χ3n) is 3.70. The summed E-state index contributed by atoms with van der Waals surface area (Å²) in [6.07, 6.45) is 1.58. The number of ether oxygens (including phenoxy) is 1. The fourth-order valence-corrected chi connectivity index (χ4v) is 2.46. The lowest BCUT2D eigenvalue weighted by Gasteiger charge is -2.09. The largest absolute Gasteiger partial charge is 0.489 e. The topological polar surface area (TPSA) is 59.4 Å². The maximum absolute atomic E-state index is 11.1. The number of benzene rings is 2. The zero-order chi connectivity index (χ0) is 16.9. The van der Waals surface area contributed by atoms with Gasteiger partial charge in [0.15, 0.2) is 5.69 Å². The average Bonchev–Trinajstić information content (AvgIpc) is 2.61. The molecule has 1 heterocycles. The Morgan fingerprint density at radius 1 is 1.04 bits per heavy atom. The molecular formula is C20H17NO3. The summed E-state index contributed by atoms with van der Waals surface area (Å²) in [5.41, 5.74) is 3.62. The SMILES string of the molecule is Cc1cc(-c2cccc(OCc3ccccc3)c2)cnc1C(=O)O. The highest BCUT2D eigenvalue weighted by Gasteiger charge is 2.10. The van der Waals surface area contributed by atoms with Crippen LogP contribution in [0.4, 0.5) is 0 Å². The van der Waals surface area contributed by atoms with Gasteiger partial charge >= 0.3 is 5.97 Å². The normalized spacial score (nSPS) is 10.4. The van der Waals surface area contributed by atoms with Crippen molar-refractivity contribution in [2.24, 2.45) is 0 Å². The van der Waals surface area contributed by atoms with Crippen LogP contribution in [0.3, 0.4) is 0 Å². The molecule has 1 aromatic heterocycles. The highest BCUT2D eigenvalue weighted by Crippen LogP contribution is 2.25. The highest BCUT2D eigenvalue weighted by molar-refractivity contribution is 5.87. The summed E-state index contributed by atoms with van der Waals surface area (Å²) >= 11 is 0. The van der Waals surface area contributed by atoms with Gasteiger partial charge in [-0.25, -0.2) is 9.78 Å². The molecule has 0 aliphatic carbocycles. The van der Waals surface area contributed by atoms with Crippen molar-refractivity contribution in [3.05, 3.63) is 83.7 Å². The van der Waals surface area contributed by atoms with Crippen LogP contribution in [-0.4, -0.2) is 16.1 Å². The first kappa shape index (κ1) is 15.7.